The van der Waals surface area contributed by atoms with Crippen molar-refractivity contribution in [2.45, 2.75) is 32.2 Å². The van der Waals surface area contributed by atoms with Crippen LogP contribution in [0.2, 0.25) is 0 Å². The molecular formula is C20H25NO2. The van der Waals surface area contributed by atoms with E-state index in [1.54, 1.807) is 7.11 Å². The number of benzene rings is 2. The zero-order valence-corrected chi connectivity index (χ0v) is 14.3. The molecule has 0 fully saturated rings. The van der Waals surface area contributed by atoms with Crippen molar-refractivity contribution in [1.82, 2.24) is 4.90 Å². The maximum atomic E-state index is 12.6. The van der Waals surface area contributed by atoms with Gasteiger partial charge in [0.05, 0.1) is 13.2 Å². The lowest BCUT2D eigenvalue weighted by Gasteiger charge is -2.27. The fourth-order valence-corrected chi connectivity index (χ4v) is 2.63. The summed E-state index contributed by atoms with van der Waals surface area (Å²) >= 11 is 0. The third-order valence-electron chi connectivity index (χ3n) is 4.42. The van der Waals surface area contributed by atoms with E-state index in [1.807, 2.05) is 61.3 Å². The molecule has 2 atom stereocenters. The normalized spacial score (nSPS) is 13.2. The van der Waals surface area contributed by atoms with Crippen LogP contribution in [0.25, 0.3) is 0 Å². The van der Waals surface area contributed by atoms with Crippen LogP contribution in [0.4, 0.5) is 0 Å². The second kappa shape index (κ2) is 7.82. The number of amides is 1. The highest BCUT2D eigenvalue weighted by atomic mass is 16.5. The molecule has 0 N–H and O–H groups in total. The molecule has 2 unspecified atom stereocenters. The average molecular weight is 311 g/mol. The SMILES string of the molecule is COc1ccc(C(C)N(C)C(=O)CC(C)c2ccccc2)cc1. The van der Waals surface area contributed by atoms with Crippen LogP contribution >= 0.6 is 0 Å². The van der Waals surface area contributed by atoms with Gasteiger partial charge in [-0.1, -0.05) is 49.4 Å². The second-order valence-electron chi connectivity index (χ2n) is 5.97. The zero-order valence-electron chi connectivity index (χ0n) is 14.3. The molecule has 0 saturated heterocycles. The number of methoxy groups -OCH3 is 1. The van der Waals surface area contributed by atoms with Crippen molar-refractivity contribution in [2.24, 2.45) is 0 Å². The Hall–Kier alpha value is -2.29. The van der Waals surface area contributed by atoms with Gasteiger partial charge in [-0.15, -0.1) is 0 Å². The van der Waals surface area contributed by atoms with E-state index >= 15 is 0 Å². The van der Waals surface area contributed by atoms with Crippen molar-refractivity contribution in [3.05, 3.63) is 65.7 Å². The third kappa shape index (κ3) is 4.35. The summed E-state index contributed by atoms with van der Waals surface area (Å²) in [5, 5.41) is 0. The van der Waals surface area contributed by atoms with E-state index < -0.39 is 0 Å². The number of ether oxygens (including phenoxy) is 1. The quantitative estimate of drug-likeness (QED) is 0.791. The lowest BCUT2D eigenvalue weighted by molar-refractivity contribution is -0.132. The summed E-state index contributed by atoms with van der Waals surface area (Å²) in [5.74, 6) is 1.20. The highest BCUT2D eigenvalue weighted by molar-refractivity contribution is 5.77. The van der Waals surface area contributed by atoms with E-state index in [0.717, 1.165) is 11.3 Å². The van der Waals surface area contributed by atoms with Gasteiger partial charge in [-0.2, -0.15) is 0 Å². The van der Waals surface area contributed by atoms with E-state index in [0.29, 0.717) is 6.42 Å². The van der Waals surface area contributed by atoms with Crippen molar-refractivity contribution in [3.8, 4) is 5.75 Å². The Balaban J connectivity index is 2.00. The van der Waals surface area contributed by atoms with Crippen LogP contribution in [-0.4, -0.2) is 25.0 Å². The summed E-state index contributed by atoms with van der Waals surface area (Å²) in [6, 6.07) is 18.1. The fraction of sp³-hybridized carbons (Fsp3) is 0.350. The minimum atomic E-state index is 0.0383. The monoisotopic (exact) mass is 311 g/mol. The Morgan fingerprint density at radius 3 is 2.17 bits per heavy atom. The van der Waals surface area contributed by atoms with Gasteiger partial charge in [-0.3, -0.25) is 4.79 Å². The van der Waals surface area contributed by atoms with Gasteiger partial charge in [0, 0.05) is 13.5 Å². The standard InChI is InChI=1S/C20H25NO2/c1-15(17-8-6-5-7-9-17)14-20(22)21(3)16(2)18-10-12-19(23-4)13-11-18/h5-13,15-16H,14H2,1-4H3. The molecule has 2 rings (SSSR count). The van der Waals surface area contributed by atoms with Crippen LogP contribution in [0.15, 0.2) is 54.6 Å². The second-order valence-corrected chi connectivity index (χ2v) is 5.97. The number of rotatable bonds is 6. The van der Waals surface area contributed by atoms with E-state index in [4.69, 9.17) is 4.74 Å². The predicted molar refractivity (Wildman–Crippen MR) is 93.7 cm³/mol. The predicted octanol–water partition coefficient (Wildman–Crippen LogP) is 4.41. The zero-order chi connectivity index (χ0) is 16.8. The lowest BCUT2D eigenvalue weighted by atomic mass is 9.96. The summed E-state index contributed by atoms with van der Waals surface area (Å²) in [4.78, 5) is 14.4. The summed E-state index contributed by atoms with van der Waals surface area (Å²) < 4.78 is 5.18. The van der Waals surface area contributed by atoms with E-state index in [-0.39, 0.29) is 17.9 Å². The average Bonchev–Trinajstić information content (AvgIpc) is 2.61. The Labute approximate surface area is 138 Å². The molecule has 3 heteroatoms. The molecule has 23 heavy (non-hydrogen) atoms. The largest absolute Gasteiger partial charge is 0.497 e. The van der Waals surface area contributed by atoms with Gasteiger partial charge >= 0.3 is 0 Å². The van der Waals surface area contributed by atoms with Gasteiger partial charge in [-0.05, 0) is 36.1 Å². The molecule has 0 aliphatic heterocycles. The molecule has 2 aromatic rings. The molecule has 0 spiro atoms. The number of carbonyl (C=O) groups excluding carboxylic acids is 1. The van der Waals surface area contributed by atoms with Gasteiger partial charge in [0.15, 0.2) is 0 Å². The van der Waals surface area contributed by atoms with Crippen molar-refractivity contribution in [1.29, 1.82) is 0 Å². The first-order valence-corrected chi connectivity index (χ1v) is 7.97. The van der Waals surface area contributed by atoms with E-state index in [1.165, 1.54) is 5.56 Å². The molecule has 0 heterocycles. The van der Waals surface area contributed by atoms with Gasteiger partial charge in [0.1, 0.15) is 5.75 Å². The smallest absolute Gasteiger partial charge is 0.223 e. The number of nitrogens with zero attached hydrogens (tertiary/aromatic N) is 1. The molecule has 0 aliphatic carbocycles. The highest BCUT2D eigenvalue weighted by Gasteiger charge is 2.20. The van der Waals surface area contributed by atoms with E-state index in [9.17, 15) is 4.79 Å². The van der Waals surface area contributed by atoms with Crippen molar-refractivity contribution in [2.75, 3.05) is 14.2 Å². The minimum absolute atomic E-state index is 0.0383. The highest BCUT2D eigenvalue weighted by Crippen LogP contribution is 2.25. The Bertz CT molecular complexity index is 622. The van der Waals surface area contributed by atoms with Crippen LogP contribution < -0.4 is 4.74 Å². The minimum Gasteiger partial charge on any atom is -0.497 e. The number of hydrogen-bond donors (Lipinski definition) is 0. The van der Waals surface area contributed by atoms with Crippen molar-refractivity contribution < 1.29 is 9.53 Å². The molecule has 0 aliphatic rings. The molecule has 122 valence electrons. The number of carbonyl (C=O) groups is 1. The molecule has 1 amide bonds. The molecule has 2 aromatic carbocycles. The Morgan fingerprint density at radius 2 is 1.61 bits per heavy atom. The first kappa shape index (κ1) is 17.1. The fourth-order valence-electron chi connectivity index (χ4n) is 2.63. The van der Waals surface area contributed by atoms with Crippen LogP contribution in [-0.2, 0) is 4.79 Å². The summed E-state index contributed by atoms with van der Waals surface area (Å²) in [5.41, 5.74) is 2.31. The van der Waals surface area contributed by atoms with Crippen molar-refractivity contribution in [3.63, 3.8) is 0 Å². The van der Waals surface area contributed by atoms with Crippen LogP contribution in [0.1, 0.15) is 43.4 Å². The molecule has 0 bridgehead atoms. The molecular weight excluding hydrogens is 286 g/mol. The summed E-state index contributed by atoms with van der Waals surface area (Å²) in [6.45, 7) is 4.14. The van der Waals surface area contributed by atoms with Crippen LogP contribution in [0, 0.1) is 0 Å². The first-order valence-electron chi connectivity index (χ1n) is 7.97. The summed E-state index contributed by atoms with van der Waals surface area (Å²) in [6.07, 6.45) is 0.515. The molecule has 0 saturated carbocycles. The maximum Gasteiger partial charge on any atom is 0.223 e. The topological polar surface area (TPSA) is 29.5 Å². The van der Waals surface area contributed by atoms with E-state index in [2.05, 4.69) is 19.1 Å². The van der Waals surface area contributed by atoms with Gasteiger partial charge in [0.2, 0.25) is 5.91 Å². The first-order chi connectivity index (χ1) is 11.0. The van der Waals surface area contributed by atoms with Crippen LogP contribution in [0.5, 0.6) is 5.75 Å². The molecule has 0 radical (unpaired) electrons. The molecule has 3 nitrogen and oxygen atoms in total. The van der Waals surface area contributed by atoms with Crippen LogP contribution in [0.3, 0.4) is 0 Å². The Morgan fingerprint density at radius 1 is 1.00 bits per heavy atom. The molecule has 0 aromatic heterocycles. The van der Waals surface area contributed by atoms with Gasteiger partial charge < -0.3 is 9.64 Å². The summed E-state index contributed by atoms with van der Waals surface area (Å²) in [7, 11) is 3.52. The third-order valence-corrected chi connectivity index (χ3v) is 4.42. The maximum absolute atomic E-state index is 12.6. The Kier molecular flexibility index (Phi) is 5.80. The van der Waals surface area contributed by atoms with Gasteiger partial charge in [0.25, 0.3) is 0 Å². The van der Waals surface area contributed by atoms with Gasteiger partial charge in [-0.25, -0.2) is 0 Å². The number of hydrogen-bond acceptors (Lipinski definition) is 2. The van der Waals surface area contributed by atoms with Crippen molar-refractivity contribution >= 4 is 5.91 Å². The lowest BCUT2D eigenvalue weighted by Crippen LogP contribution is -2.30.